The van der Waals surface area contributed by atoms with Crippen LogP contribution < -0.4 is 33.7 Å². The van der Waals surface area contributed by atoms with Gasteiger partial charge in [-0.1, -0.05) is 0 Å². The van der Waals surface area contributed by atoms with E-state index in [1.807, 2.05) is 0 Å². The van der Waals surface area contributed by atoms with Crippen molar-refractivity contribution in [2.75, 3.05) is 14.2 Å². The van der Waals surface area contributed by atoms with E-state index in [4.69, 9.17) is 0 Å². The molecule has 0 rings (SSSR count). The Morgan fingerprint density at radius 1 is 1.09 bits per heavy atom. The molecule has 0 aliphatic rings. The first kappa shape index (κ1) is 29.6. The summed E-state index contributed by atoms with van der Waals surface area (Å²) in [6, 6.07) is 0. The average molecular weight is 246 g/mol. The summed E-state index contributed by atoms with van der Waals surface area (Å²) in [6.07, 6.45) is 0. The van der Waals surface area contributed by atoms with E-state index in [0.717, 1.165) is 14.2 Å². The predicted molar refractivity (Wildman–Crippen MR) is 31.3 cm³/mol. The van der Waals surface area contributed by atoms with Crippen LogP contribution in [0.2, 0.25) is 0 Å². The molecule has 7 nitrogen and oxygen atoms in total. The molecule has 0 saturated heterocycles. The zero-order chi connectivity index (χ0) is 5.91. The Morgan fingerprint density at radius 2 is 1.27 bits per heavy atom. The number of hydrogen-bond acceptors (Lipinski definition) is 4. The molecular weight excluding hydrogens is 234 g/mol. The van der Waals surface area contributed by atoms with Gasteiger partial charge in [-0.15, -0.1) is 0 Å². The fourth-order valence-electron chi connectivity index (χ4n) is 0.0745. The van der Waals surface area contributed by atoms with Crippen molar-refractivity contribution in [2.45, 2.75) is 0 Å². The first-order valence-corrected chi connectivity index (χ1v) is 4.61. The van der Waals surface area contributed by atoms with Crippen LogP contribution in [0.4, 0.5) is 0 Å². The second-order valence-electron chi connectivity index (χ2n) is 0.812. The van der Waals surface area contributed by atoms with Gasteiger partial charge in [-0.25, -0.2) is 0 Å². The quantitative estimate of drug-likeness (QED) is 0.444. The maximum Gasteiger partial charge on any atom is 1.00 e. The predicted octanol–water partition coefficient (Wildman–Crippen LogP) is -6.96. The Balaban J connectivity index is -0.0000000300. The van der Waals surface area contributed by atoms with Crippen LogP contribution in [-0.2, 0) is 11.2 Å². The third kappa shape index (κ3) is 18.2. The Morgan fingerprint density at radius 3 is 1.27 bits per heavy atom. The summed E-state index contributed by atoms with van der Waals surface area (Å²) in [7, 11) is 2.13. The van der Waals surface area contributed by atoms with Gasteiger partial charge in [0.15, 0.2) is 0 Å². The third-order valence-electron chi connectivity index (χ3n) is 0.447. The van der Waals surface area contributed by atoms with Gasteiger partial charge in [0.25, 0.3) is 0 Å². The van der Waals surface area contributed by atoms with E-state index in [2.05, 4.69) is 7.45 Å². The van der Waals surface area contributed by atoms with E-state index in [9.17, 15) is 7.84 Å². The number of hydrogen-bond donors (Lipinski definition) is 0. The summed E-state index contributed by atoms with van der Waals surface area (Å²) < 4.78 is 27.9. The van der Waals surface area contributed by atoms with E-state index in [1.165, 1.54) is 0 Å². The third-order valence-corrected chi connectivity index (χ3v) is 2.32. The summed E-state index contributed by atoms with van der Waals surface area (Å²) in [5.74, 6) is 0. The minimum atomic E-state index is -4.44. The maximum absolute atomic E-state index is 10.0. The monoisotopic (exact) mass is 246 g/mol. The second-order valence-corrected chi connectivity index (χ2v) is 4.22. The van der Waals surface area contributed by atoms with Gasteiger partial charge in [-0.05, 0) is 0 Å². The van der Waals surface area contributed by atoms with E-state index in [0.29, 0.717) is 0 Å². The van der Waals surface area contributed by atoms with Crippen LogP contribution in [0.25, 0.3) is 0 Å². The van der Waals surface area contributed by atoms with Gasteiger partial charge in [0.05, 0.1) is 0 Å². The molecule has 0 radical (unpaired) electrons. The standard InChI is InChI=1S/C2H7AsO4.Na.3H2O/c1-6-3(4,5)7-2;;;;/h1-2H3,(H,4,5);;3*1H2/q;+1;;;/p-1. The van der Waals surface area contributed by atoms with Gasteiger partial charge in [0.1, 0.15) is 0 Å². The summed E-state index contributed by atoms with van der Waals surface area (Å²) >= 11 is -4.44. The molecule has 68 valence electrons. The summed E-state index contributed by atoms with van der Waals surface area (Å²) in [5.41, 5.74) is 0. The van der Waals surface area contributed by atoms with Gasteiger partial charge in [0.2, 0.25) is 0 Å². The Bertz CT molecular complexity index is 88.4. The molecule has 0 aromatic rings. The Hall–Kier alpha value is 1.12. The molecule has 6 N–H and O–H groups in total. The van der Waals surface area contributed by atoms with Gasteiger partial charge in [-0.3, -0.25) is 0 Å². The van der Waals surface area contributed by atoms with Crippen LogP contribution in [0.5, 0.6) is 0 Å². The first-order chi connectivity index (χ1) is 3.12. The minimum absolute atomic E-state index is 0. The molecule has 11 heavy (non-hydrogen) atoms. The largest absolute Gasteiger partial charge is 1.00 e. The van der Waals surface area contributed by atoms with Gasteiger partial charge in [-0.2, -0.15) is 0 Å². The molecule has 0 unspecified atom stereocenters. The first-order valence-electron chi connectivity index (χ1n) is 1.55. The molecule has 0 aromatic carbocycles. The van der Waals surface area contributed by atoms with Crippen molar-refractivity contribution in [3.05, 3.63) is 0 Å². The summed E-state index contributed by atoms with van der Waals surface area (Å²) in [5, 5.41) is 0. The van der Waals surface area contributed by atoms with Crippen molar-refractivity contribution in [1.29, 1.82) is 0 Å². The van der Waals surface area contributed by atoms with Gasteiger partial charge in [0, 0.05) is 0 Å². The van der Waals surface area contributed by atoms with Crippen LogP contribution >= 0.6 is 0 Å². The van der Waals surface area contributed by atoms with Gasteiger partial charge < -0.3 is 16.4 Å². The SMILES string of the molecule is CO[As](=O)([O-])OC.O.O.O.[Na+]. The van der Waals surface area contributed by atoms with Crippen LogP contribution in [0.1, 0.15) is 0 Å². The smallest absolute Gasteiger partial charge is 0.412 e. The summed E-state index contributed by atoms with van der Waals surface area (Å²) in [4.78, 5) is 0. The van der Waals surface area contributed by atoms with Crippen LogP contribution in [0.3, 0.4) is 0 Å². The molecule has 0 aliphatic heterocycles. The second kappa shape index (κ2) is 13.7. The Kier molecular flexibility index (Phi) is 36.8. The molecule has 0 heterocycles. The summed E-state index contributed by atoms with van der Waals surface area (Å²) in [6.45, 7) is 0. The maximum atomic E-state index is 10.0. The minimum Gasteiger partial charge on any atom is -0.412 e. The van der Waals surface area contributed by atoms with Crippen molar-refractivity contribution in [3.8, 4) is 0 Å². The molecule has 0 amide bonds. The van der Waals surface area contributed by atoms with Crippen LogP contribution in [0.15, 0.2) is 0 Å². The normalized spacial score (nSPS) is 7.55. The molecule has 0 aromatic heterocycles. The fraction of sp³-hybridized carbons (Fsp3) is 1.00. The fourth-order valence-corrected chi connectivity index (χ4v) is 0.387. The van der Waals surface area contributed by atoms with Crippen molar-refractivity contribution >= 4 is 14.5 Å². The van der Waals surface area contributed by atoms with E-state index in [1.54, 1.807) is 0 Å². The average Bonchev–Trinajstić information content (AvgIpc) is 1.68. The molecule has 0 bridgehead atoms. The van der Waals surface area contributed by atoms with Crippen molar-refractivity contribution in [2.24, 2.45) is 0 Å². The Labute approximate surface area is 89.6 Å². The molecule has 0 atom stereocenters. The van der Waals surface area contributed by atoms with Gasteiger partial charge >= 0.3 is 73.6 Å². The zero-order valence-corrected chi connectivity index (χ0v) is 10.5. The molecular formula is C2H12AsNaO7. The van der Waals surface area contributed by atoms with Crippen molar-refractivity contribution < 1.29 is 61.3 Å². The molecule has 0 fully saturated rings. The van der Waals surface area contributed by atoms with E-state index < -0.39 is 14.5 Å². The molecule has 0 saturated carbocycles. The topological polar surface area (TPSA) is 153 Å². The molecule has 0 aliphatic carbocycles. The van der Waals surface area contributed by atoms with E-state index >= 15 is 0 Å². The van der Waals surface area contributed by atoms with Crippen LogP contribution in [0, 0.1) is 0 Å². The van der Waals surface area contributed by atoms with Crippen LogP contribution in [-0.4, -0.2) is 45.2 Å². The molecule has 0 spiro atoms. The van der Waals surface area contributed by atoms with Crippen molar-refractivity contribution in [1.82, 2.24) is 0 Å². The van der Waals surface area contributed by atoms with E-state index in [-0.39, 0.29) is 46.0 Å². The number of rotatable bonds is 2. The molecule has 9 heteroatoms. The zero-order valence-electron chi connectivity index (χ0n) is 6.58. The van der Waals surface area contributed by atoms with Crippen molar-refractivity contribution in [3.63, 3.8) is 0 Å².